The predicted octanol–water partition coefficient (Wildman–Crippen LogP) is 3.14. The molecule has 0 radical (unpaired) electrons. The van der Waals surface area contributed by atoms with Crippen molar-refractivity contribution in [2.45, 2.75) is 62.0 Å². The van der Waals surface area contributed by atoms with Crippen molar-refractivity contribution in [3.8, 4) is 0 Å². The van der Waals surface area contributed by atoms with Crippen LogP contribution in [-0.2, 0) is 4.74 Å². The Morgan fingerprint density at radius 2 is 1.55 bits per heavy atom. The van der Waals surface area contributed by atoms with E-state index in [1.165, 1.54) is 0 Å². The first kappa shape index (κ1) is 15.8. The molecule has 0 saturated carbocycles. The minimum atomic E-state index is -6.18. The normalized spacial score (nSPS) is 39.1. The van der Waals surface area contributed by atoms with Gasteiger partial charge in [0.05, 0.1) is 12.2 Å². The van der Waals surface area contributed by atoms with Crippen molar-refractivity contribution in [2.75, 3.05) is 0 Å². The summed E-state index contributed by atoms with van der Waals surface area (Å²) in [6.07, 6.45) is -16.5. The van der Waals surface area contributed by atoms with Gasteiger partial charge in [0.15, 0.2) is 5.67 Å². The number of hydrogen-bond donors (Lipinski definition) is 1. The molecule has 2 nitrogen and oxygen atoms in total. The Balaban J connectivity index is 2.50. The van der Waals surface area contributed by atoms with Crippen LogP contribution in [0.5, 0.6) is 0 Å². The second-order valence-electron chi connectivity index (χ2n) is 5.60. The topological polar surface area (TPSA) is 29.5 Å². The van der Waals surface area contributed by atoms with Crippen LogP contribution in [0.1, 0.15) is 26.2 Å². The molecular formula is C11H13F7O2. The number of fused-ring (bicyclic) bond motifs is 2. The zero-order valence-electron chi connectivity index (χ0n) is 10.4. The van der Waals surface area contributed by atoms with E-state index in [1.807, 2.05) is 0 Å². The zero-order valence-corrected chi connectivity index (χ0v) is 10.4. The third-order valence-electron chi connectivity index (χ3n) is 4.10. The first-order valence-corrected chi connectivity index (χ1v) is 6.03. The van der Waals surface area contributed by atoms with Gasteiger partial charge in [-0.25, -0.2) is 4.39 Å². The summed E-state index contributed by atoms with van der Waals surface area (Å²) in [4.78, 5) is 0. The van der Waals surface area contributed by atoms with Crippen molar-refractivity contribution >= 4 is 0 Å². The van der Waals surface area contributed by atoms with Gasteiger partial charge in [-0.3, -0.25) is 0 Å². The highest BCUT2D eigenvalue weighted by Crippen LogP contribution is 2.59. The Kier molecular flexibility index (Phi) is 3.34. The lowest BCUT2D eigenvalue weighted by Crippen LogP contribution is -2.71. The van der Waals surface area contributed by atoms with Crippen LogP contribution in [0.3, 0.4) is 0 Å². The van der Waals surface area contributed by atoms with Gasteiger partial charge < -0.3 is 9.84 Å². The van der Waals surface area contributed by atoms with Crippen LogP contribution in [0.2, 0.25) is 0 Å². The summed E-state index contributed by atoms with van der Waals surface area (Å²) in [5.74, 6) is -0.262. The molecule has 2 aliphatic rings. The molecule has 9 heteroatoms. The van der Waals surface area contributed by atoms with Gasteiger partial charge in [0.25, 0.3) is 5.60 Å². The second-order valence-corrected chi connectivity index (χ2v) is 5.60. The molecule has 2 heterocycles. The van der Waals surface area contributed by atoms with Crippen molar-refractivity contribution in [3.63, 3.8) is 0 Å². The zero-order chi connectivity index (χ0) is 15.6. The van der Waals surface area contributed by atoms with Crippen LogP contribution in [-0.4, -0.2) is 40.9 Å². The van der Waals surface area contributed by atoms with E-state index in [9.17, 15) is 35.8 Å². The number of aliphatic hydroxyl groups is 1. The SMILES string of the molecule is CC1CC2CC(F)(C(O)(C(F)(F)F)C(F)(F)F)C(C1)O2. The fourth-order valence-electron chi connectivity index (χ4n) is 3.16. The van der Waals surface area contributed by atoms with Crippen molar-refractivity contribution in [1.29, 1.82) is 0 Å². The molecule has 4 atom stereocenters. The van der Waals surface area contributed by atoms with Crippen LogP contribution in [0.4, 0.5) is 30.7 Å². The summed E-state index contributed by atoms with van der Waals surface area (Å²) in [5.41, 5.74) is -9.34. The van der Waals surface area contributed by atoms with Crippen LogP contribution < -0.4 is 0 Å². The van der Waals surface area contributed by atoms with Gasteiger partial charge >= 0.3 is 12.4 Å². The maximum Gasteiger partial charge on any atom is 0.429 e. The van der Waals surface area contributed by atoms with E-state index >= 15 is 0 Å². The Morgan fingerprint density at radius 1 is 1.05 bits per heavy atom. The number of alkyl halides is 7. The molecule has 2 aliphatic heterocycles. The Labute approximate surface area is 109 Å². The molecular weight excluding hydrogens is 297 g/mol. The van der Waals surface area contributed by atoms with E-state index in [2.05, 4.69) is 0 Å². The van der Waals surface area contributed by atoms with Crippen LogP contribution >= 0.6 is 0 Å². The first-order valence-electron chi connectivity index (χ1n) is 6.03. The second kappa shape index (κ2) is 4.22. The van der Waals surface area contributed by atoms with E-state index in [4.69, 9.17) is 4.74 Å². The molecule has 0 aromatic heterocycles. The molecule has 118 valence electrons. The van der Waals surface area contributed by atoms with Gasteiger partial charge in [-0.05, 0) is 18.8 Å². The lowest BCUT2D eigenvalue weighted by Gasteiger charge is -2.43. The Bertz CT molecular complexity index is 377. The summed E-state index contributed by atoms with van der Waals surface area (Å²) >= 11 is 0. The summed E-state index contributed by atoms with van der Waals surface area (Å²) < 4.78 is 96.3. The molecule has 2 saturated heterocycles. The molecule has 2 bridgehead atoms. The van der Waals surface area contributed by atoms with E-state index in [0.29, 0.717) is 0 Å². The molecule has 1 N–H and O–H groups in total. The summed E-state index contributed by atoms with van der Waals surface area (Å²) in [6.45, 7) is 1.59. The van der Waals surface area contributed by atoms with E-state index < -0.39 is 42.3 Å². The molecule has 20 heavy (non-hydrogen) atoms. The quantitative estimate of drug-likeness (QED) is 0.754. The van der Waals surface area contributed by atoms with Crippen molar-refractivity contribution in [3.05, 3.63) is 0 Å². The predicted molar refractivity (Wildman–Crippen MR) is 52.6 cm³/mol. The average Bonchev–Trinajstić information content (AvgIpc) is 2.46. The maximum absolute atomic E-state index is 14.7. The molecule has 4 unspecified atom stereocenters. The van der Waals surface area contributed by atoms with E-state index in [0.717, 1.165) is 0 Å². The monoisotopic (exact) mass is 310 g/mol. The van der Waals surface area contributed by atoms with Gasteiger partial charge in [-0.2, -0.15) is 26.3 Å². The first-order chi connectivity index (χ1) is 8.83. The van der Waals surface area contributed by atoms with Crippen LogP contribution in [0, 0.1) is 5.92 Å². The Hall–Kier alpha value is -0.570. The number of hydrogen-bond acceptors (Lipinski definition) is 2. The average molecular weight is 310 g/mol. The molecule has 0 aromatic rings. The lowest BCUT2D eigenvalue weighted by atomic mass is 9.77. The fourth-order valence-corrected chi connectivity index (χ4v) is 3.16. The van der Waals surface area contributed by atoms with Crippen molar-refractivity contribution < 1.29 is 40.6 Å². The molecule has 0 amide bonds. The minimum Gasteiger partial charge on any atom is -0.371 e. The molecule has 0 spiro atoms. The van der Waals surface area contributed by atoms with E-state index in [-0.39, 0.29) is 18.8 Å². The van der Waals surface area contributed by atoms with Crippen molar-refractivity contribution in [2.24, 2.45) is 5.92 Å². The third kappa shape index (κ3) is 1.93. The maximum atomic E-state index is 14.7. The third-order valence-corrected chi connectivity index (χ3v) is 4.10. The summed E-state index contributed by atoms with van der Waals surface area (Å²) in [5, 5.41) is 9.27. The number of ether oxygens (including phenoxy) is 1. The fraction of sp³-hybridized carbons (Fsp3) is 1.00. The van der Waals surface area contributed by atoms with E-state index in [1.54, 1.807) is 6.92 Å². The Morgan fingerprint density at radius 3 is 2.00 bits per heavy atom. The summed E-state index contributed by atoms with van der Waals surface area (Å²) in [6, 6.07) is 0. The van der Waals surface area contributed by atoms with Gasteiger partial charge in [-0.1, -0.05) is 6.92 Å². The highest BCUT2D eigenvalue weighted by molar-refractivity contribution is 5.17. The van der Waals surface area contributed by atoms with Gasteiger partial charge in [0, 0.05) is 6.42 Å². The lowest BCUT2D eigenvalue weighted by molar-refractivity contribution is -0.407. The standard InChI is InChI=1S/C11H13F7O2/c1-5-2-6-4-8(12,7(3-5)20-6)9(19,10(13,14)15)11(16,17)18/h5-7,19H,2-4H2,1H3. The van der Waals surface area contributed by atoms with Crippen LogP contribution in [0.25, 0.3) is 0 Å². The number of halogens is 7. The minimum absolute atomic E-state index is 0.175. The molecule has 0 aliphatic carbocycles. The van der Waals surface area contributed by atoms with Crippen LogP contribution in [0.15, 0.2) is 0 Å². The molecule has 0 aromatic carbocycles. The van der Waals surface area contributed by atoms with Gasteiger partial charge in [-0.15, -0.1) is 0 Å². The molecule has 2 rings (SSSR count). The number of rotatable bonds is 1. The summed E-state index contributed by atoms with van der Waals surface area (Å²) in [7, 11) is 0. The smallest absolute Gasteiger partial charge is 0.371 e. The van der Waals surface area contributed by atoms with Gasteiger partial charge in [0.2, 0.25) is 0 Å². The molecule has 2 fully saturated rings. The highest BCUT2D eigenvalue weighted by Gasteiger charge is 2.84. The largest absolute Gasteiger partial charge is 0.429 e. The van der Waals surface area contributed by atoms with Gasteiger partial charge in [0.1, 0.15) is 0 Å². The van der Waals surface area contributed by atoms with Crippen molar-refractivity contribution in [1.82, 2.24) is 0 Å². The highest BCUT2D eigenvalue weighted by atomic mass is 19.4.